The van der Waals surface area contributed by atoms with Gasteiger partial charge in [0, 0.05) is 11.3 Å². The third-order valence-corrected chi connectivity index (χ3v) is 4.19. The van der Waals surface area contributed by atoms with Crippen LogP contribution in [0, 0.1) is 13.8 Å². The second-order valence-electron chi connectivity index (χ2n) is 3.04. The molecule has 64 valence electrons. The lowest BCUT2D eigenvalue weighted by Gasteiger charge is -2.15. The Hall–Kier alpha value is -0.380. The summed E-state index contributed by atoms with van der Waals surface area (Å²) in [4.78, 5) is 0. The topological polar surface area (TPSA) is 12.0 Å². The molecule has 12 heavy (non-hydrogen) atoms. The molecule has 0 aromatic heterocycles. The predicted molar refractivity (Wildman–Crippen MR) is 63.6 cm³/mol. The highest BCUT2D eigenvalue weighted by molar-refractivity contribution is 14.2. The first-order valence-corrected chi connectivity index (χ1v) is 6.81. The number of alkyl halides is 1. The molecule has 1 N–H and O–H groups in total. The fourth-order valence-corrected chi connectivity index (χ4v) is 3.45. The molecule has 2 heteroatoms. The van der Waals surface area contributed by atoms with E-state index in [2.05, 4.69) is 35.3 Å². The van der Waals surface area contributed by atoms with Gasteiger partial charge in [0.2, 0.25) is 0 Å². The van der Waals surface area contributed by atoms with E-state index in [0.717, 1.165) is 0 Å². The van der Waals surface area contributed by atoms with E-state index in [1.54, 1.807) is 0 Å². The van der Waals surface area contributed by atoms with Crippen molar-refractivity contribution < 1.29 is 0 Å². The van der Waals surface area contributed by atoms with Crippen molar-refractivity contribution in [1.82, 2.24) is 0 Å². The zero-order valence-electron chi connectivity index (χ0n) is 7.32. The Kier molecular flexibility index (Phi) is 2.17. The molecular formula is C10H12IN. The predicted octanol–water partition coefficient (Wildman–Crippen LogP) is 2.81. The van der Waals surface area contributed by atoms with Gasteiger partial charge in [-0.25, -0.2) is 0 Å². The summed E-state index contributed by atoms with van der Waals surface area (Å²) in [5, 5.41) is 3.45. The molecular weight excluding hydrogens is 261 g/mol. The first-order valence-electron chi connectivity index (χ1n) is 4.04. The van der Waals surface area contributed by atoms with E-state index >= 15 is 0 Å². The monoisotopic (exact) mass is 273 g/mol. The van der Waals surface area contributed by atoms with Crippen molar-refractivity contribution in [3.63, 3.8) is 0 Å². The molecule has 0 fully saturated rings. The number of nitrogens with one attached hydrogen (secondary N) is 1. The molecule has 0 amide bonds. The van der Waals surface area contributed by atoms with Crippen LogP contribution in [-0.2, 0) is 0 Å². The van der Waals surface area contributed by atoms with Gasteiger partial charge in [-0.3, -0.25) is 0 Å². The molecule has 1 aliphatic heterocycles. The highest BCUT2D eigenvalue weighted by Gasteiger charge is 2.07. The molecule has 1 aromatic rings. The van der Waals surface area contributed by atoms with Crippen LogP contribution in [0.25, 0.3) is 0 Å². The number of halogens is 1. The lowest BCUT2D eigenvalue weighted by Crippen LogP contribution is -2.05. The van der Waals surface area contributed by atoms with E-state index in [1.165, 1.54) is 26.9 Å². The molecule has 1 aromatic carbocycles. The van der Waals surface area contributed by atoms with E-state index in [-0.39, 0.29) is 20.7 Å². The Morgan fingerprint density at radius 1 is 1.33 bits per heavy atom. The van der Waals surface area contributed by atoms with Gasteiger partial charge in [0.25, 0.3) is 0 Å². The van der Waals surface area contributed by atoms with Gasteiger partial charge in [-0.1, -0.05) is 6.07 Å². The van der Waals surface area contributed by atoms with E-state index in [1.807, 2.05) is 0 Å². The van der Waals surface area contributed by atoms with Gasteiger partial charge in [0.05, 0.1) is 4.55 Å². The normalized spacial score (nSPS) is 14.5. The number of hydrogen-bond donors (Lipinski definition) is 1. The Bertz CT molecular complexity index is 342. The molecule has 1 nitrogen and oxygen atoms in total. The van der Waals surface area contributed by atoms with Crippen LogP contribution in [0.15, 0.2) is 12.1 Å². The van der Waals surface area contributed by atoms with Gasteiger partial charge in [-0.2, -0.15) is 0 Å². The van der Waals surface area contributed by atoms with Gasteiger partial charge in [0.1, 0.15) is 0 Å². The molecule has 0 saturated heterocycles. The summed E-state index contributed by atoms with van der Waals surface area (Å²) in [6, 6.07) is 4.38. The molecule has 1 heterocycles. The molecule has 0 atom stereocenters. The van der Waals surface area contributed by atoms with Crippen molar-refractivity contribution in [1.29, 1.82) is 0 Å². The Balaban J connectivity index is 2.64. The van der Waals surface area contributed by atoms with E-state index in [4.69, 9.17) is 0 Å². The molecule has 0 bridgehead atoms. The number of aryl methyl sites for hydroxylation is 1. The summed E-state index contributed by atoms with van der Waals surface area (Å²) in [6.45, 7) is 4.39. The van der Waals surface area contributed by atoms with Crippen molar-refractivity contribution in [3.8, 4) is 0 Å². The van der Waals surface area contributed by atoms with Crippen LogP contribution >= 0.6 is 20.7 Å². The van der Waals surface area contributed by atoms with Crippen molar-refractivity contribution in [3.05, 3.63) is 28.8 Å². The van der Waals surface area contributed by atoms with Crippen molar-refractivity contribution in [2.24, 2.45) is 0 Å². The van der Waals surface area contributed by atoms with Crippen LogP contribution in [-0.4, -0.2) is 8.56 Å². The molecule has 0 spiro atoms. The van der Waals surface area contributed by atoms with Gasteiger partial charge in [-0.05, 0) is 35.1 Å². The Morgan fingerprint density at radius 2 is 2.17 bits per heavy atom. The zero-order valence-corrected chi connectivity index (χ0v) is 9.47. The SMILES string of the molecule is Cc1ccc2c(c1C)C=ICN2. The number of rotatable bonds is 0. The van der Waals surface area contributed by atoms with Gasteiger partial charge in [-0.15, -0.1) is 20.7 Å². The summed E-state index contributed by atoms with van der Waals surface area (Å²) in [6.07, 6.45) is 0. The van der Waals surface area contributed by atoms with Crippen LogP contribution in [0.4, 0.5) is 5.69 Å². The van der Waals surface area contributed by atoms with Crippen molar-refractivity contribution >= 4 is 30.4 Å². The number of benzene rings is 1. The smallest absolute Gasteiger partial charge is 0.0623 e. The minimum Gasteiger partial charge on any atom is -0.376 e. The fourth-order valence-electron chi connectivity index (χ4n) is 1.36. The number of fused-ring (bicyclic) bond motifs is 1. The molecule has 0 unspecified atom stereocenters. The van der Waals surface area contributed by atoms with Crippen LogP contribution in [0.1, 0.15) is 16.7 Å². The van der Waals surface area contributed by atoms with Crippen LogP contribution in [0.3, 0.4) is 0 Å². The van der Waals surface area contributed by atoms with Crippen molar-refractivity contribution in [2.45, 2.75) is 13.8 Å². The highest BCUT2D eigenvalue weighted by Crippen LogP contribution is 2.25. The second-order valence-corrected chi connectivity index (χ2v) is 5.31. The maximum Gasteiger partial charge on any atom is 0.0623 e. The Morgan fingerprint density at radius 3 is 3.00 bits per heavy atom. The number of hydrogen-bond acceptors (Lipinski definition) is 1. The lowest BCUT2D eigenvalue weighted by atomic mass is 10.0. The maximum atomic E-state index is 3.45. The first kappa shape index (κ1) is 8.23. The zero-order chi connectivity index (χ0) is 8.55. The van der Waals surface area contributed by atoms with Crippen LogP contribution < -0.4 is 5.32 Å². The minimum atomic E-state index is 0.260. The summed E-state index contributed by atoms with van der Waals surface area (Å²) < 4.78 is 3.63. The Labute approximate surface area is 82.9 Å². The van der Waals surface area contributed by atoms with Crippen LogP contribution in [0.2, 0.25) is 0 Å². The summed E-state index contributed by atoms with van der Waals surface area (Å²) in [5.41, 5.74) is 5.62. The van der Waals surface area contributed by atoms with Gasteiger partial charge >= 0.3 is 0 Å². The van der Waals surface area contributed by atoms with E-state index in [0.29, 0.717) is 0 Å². The largest absolute Gasteiger partial charge is 0.376 e. The highest BCUT2D eigenvalue weighted by atomic mass is 127. The van der Waals surface area contributed by atoms with Crippen LogP contribution in [0.5, 0.6) is 0 Å². The van der Waals surface area contributed by atoms with Crippen molar-refractivity contribution in [2.75, 3.05) is 9.87 Å². The standard InChI is InChI=1S/C10H12IN/c1-7-3-4-10-9(8(7)2)5-11-6-12-10/h3-5,12H,6H2,1-2H3. The minimum absolute atomic E-state index is 0.260. The van der Waals surface area contributed by atoms with Gasteiger partial charge in [0.15, 0.2) is 0 Å². The summed E-state index contributed by atoms with van der Waals surface area (Å²) in [7, 11) is 0. The first-order chi connectivity index (χ1) is 5.79. The average Bonchev–Trinajstić information content (AvgIpc) is 2.12. The molecule has 0 radical (unpaired) electrons. The molecule has 0 aliphatic carbocycles. The quantitative estimate of drug-likeness (QED) is 0.435. The van der Waals surface area contributed by atoms with E-state index in [9.17, 15) is 0 Å². The third kappa shape index (κ3) is 1.28. The average molecular weight is 273 g/mol. The molecule has 0 saturated carbocycles. The fraction of sp³-hybridized carbons (Fsp3) is 0.300. The second kappa shape index (κ2) is 3.17. The van der Waals surface area contributed by atoms with Gasteiger partial charge < -0.3 is 5.32 Å². The molecule has 2 rings (SSSR count). The van der Waals surface area contributed by atoms with E-state index < -0.39 is 0 Å². The maximum absolute atomic E-state index is 3.45. The number of anilines is 1. The third-order valence-electron chi connectivity index (χ3n) is 2.31. The molecule has 1 aliphatic rings. The summed E-state index contributed by atoms with van der Waals surface area (Å²) >= 11 is 0.260. The summed E-state index contributed by atoms with van der Waals surface area (Å²) in [5.74, 6) is 0. The lowest BCUT2D eigenvalue weighted by molar-refractivity contribution is 1.32.